The Bertz CT molecular complexity index is 589. The predicted octanol–water partition coefficient (Wildman–Crippen LogP) is 4.07. The van der Waals surface area contributed by atoms with Crippen LogP contribution in [0.15, 0.2) is 41.0 Å². The maximum absolute atomic E-state index is 10.9. The summed E-state index contributed by atoms with van der Waals surface area (Å²) in [5.74, 6) is 0. The van der Waals surface area contributed by atoms with Crippen molar-refractivity contribution in [3.63, 3.8) is 0 Å². The molecule has 17 heavy (non-hydrogen) atoms. The van der Waals surface area contributed by atoms with Gasteiger partial charge in [-0.3, -0.25) is 15.1 Å². The first kappa shape index (κ1) is 12.0. The second-order valence-electron chi connectivity index (χ2n) is 3.25. The van der Waals surface area contributed by atoms with E-state index in [1.165, 1.54) is 6.07 Å². The number of aromatic nitrogens is 1. The molecule has 0 atom stereocenters. The molecule has 1 aromatic carbocycles. The van der Waals surface area contributed by atoms with Crippen LogP contribution in [0, 0.1) is 10.1 Å². The number of hydrogen-bond acceptors (Lipinski definition) is 3. The summed E-state index contributed by atoms with van der Waals surface area (Å²) in [5.41, 5.74) is 0.783. The molecule has 0 saturated heterocycles. The molecule has 0 aliphatic carbocycles. The summed E-state index contributed by atoms with van der Waals surface area (Å²) in [6.45, 7) is 0. The van der Waals surface area contributed by atoms with Gasteiger partial charge in [-0.15, -0.1) is 0 Å². The van der Waals surface area contributed by atoms with Crippen molar-refractivity contribution in [3.05, 3.63) is 56.1 Å². The van der Waals surface area contributed by atoms with Crippen LogP contribution in [0.25, 0.3) is 11.3 Å². The monoisotopic (exact) mass is 312 g/mol. The minimum atomic E-state index is -0.452. The van der Waals surface area contributed by atoms with Crippen LogP contribution >= 0.6 is 27.5 Å². The second kappa shape index (κ2) is 4.81. The van der Waals surface area contributed by atoms with Crippen LogP contribution in [0.1, 0.15) is 0 Å². The van der Waals surface area contributed by atoms with Gasteiger partial charge in [0.25, 0.3) is 5.69 Å². The summed E-state index contributed by atoms with van der Waals surface area (Å²) in [6.07, 6.45) is 1.55. The SMILES string of the molecule is O=[N+]([O-])c1ccc(Br)cc1-c1ncccc1Cl. The first-order chi connectivity index (χ1) is 8.09. The summed E-state index contributed by atoms with van der Waals surface area (Å²) >= 11 is 9.26. The lowest BCUT2D eigenvalue weighted by Crippen LogP contribution is -1.94. The molecule has 1 aromatic heterocycles. The van der Waals surface area contributed by atoms with E-state index >= 15 is 0 Å². The Morgan fingerprint density at radius 3 is 2.76 bits per heavy atom. The lowest BCUT2D eigenvalue weighted by atomic mass is 10.1. The summed E-state index contributed by atoms with van der Waals surface area (Å²) in [7, 11) is 0. The average molecular weight is 314 g/mol. The van der Waals surface area contributed by atoms with Crippen molar-refractivity contribution in [1.29, 1.82) is 0 Å². The number of nitro benzene ring substituents is 1. The zero-order valence-corrected chi connectivity index (χ0v) is 10.8. The van der Waals surface area contributed by atoms with Crippen molar-refractivity contribution < 1.29 is 4.92 Å². The van der Waals surface area contributed by atoms with Gasteiger partial charge in [0.15, 0.2) is 0 Å². The van der Waals surface area contributed by atoms with Crippen LogP contribution < -0.4 is 0 Å². The smallest absolute Gasteiger partial charge is 0.258 e. The van der Waals surface area contributed by atoms with Crippen molar-refractivity contribution in [2.75, 3.05) is 0 Å². The topological polar surface area (TPSA) is 56.0 Å². The van der Waals surface area contributed by atoms with E-state index in [0.717, 1.165) is 4.47 Å². The van der Waals surface area contributed by atoms with E-state index in [0.29, 0.717) is 16.3 Å². The first-order valence-electron chi connectivity index (χ1n) is 4.64. The summed E-state index contributed by atoms with van der Waals surface area (Å²) in [5, 5.41) is 11.3. The molecule has 1 heterocycles. The van der Waals surface area contributed by atoms with Gasteiger partial charge in [0.2, 0.25) is 0 Å². The van der Waals surface area contributed by atoms with Crippen molar-refractivity contribution >= 4 is 33.2 Å². The Kier molecular flexibility index (Phi) is 3.40. The molecule has 0 spiro atoms. The highest BCUT2D eigenvalue weighted by Gasteiger charge is 2.18. The van der Waals surface area contributed by atoms with E-state index in [1.54, 1.807) is 30.5 Å². The minimum Gasteiger partial charge on any atom is -0.258 e. The molecular formula is C11H6BrClN2O2. The third-order valence-corrected chi connectivity index (χ3v) is 2.97. The Morgan fingerprint density at radius 2 is 2.12 bits per heavy atom. The van der Waals surface area contributed by atoms with Crippen molar-refractivity contribution in [2.45, 2.75) is 0 Å². The molecule has 6 heteroatoms. The second-order valence-corrected chi connectivity index (χ2v) is 4.58. The molecule has 0 amide bonds. The molecule has 0 N–H and O–H groups in total. The van der Waals surface area contributed by atoms with Gasteiger partial charge in [0, 0.05) is 16.7 Å². The quantitative estimate of drug-likeness (QED) is 0.620. The number of benzene rings is 1. The van der Waals surface area contributed by atoms with Crippen LogP contribution in [0.5, 0.6) is 0 Å². The molecule has 86 valence electrons. The lowest BCUT2D eigenvalue weighted by Gasteiger charge is -2.04. The normalized spacial score (nSPS) is 10.2. The fourth-order valence-corrected chi connectivity index (χ4v) is 2.03. The van der Waals surface area contributed by atoms with Crippen LogP contribution in [-0.4, -0.2) is 9.91 Å². The van der Waals surface area contributed by atoms with Gasteiger partial charge in [-0.2, -0.15) is 0 Å². The molecule has 0 radical (unpaired) electrons. The third kappa shape index (κ3) is 2.45. The van der Waals surface area contributed by atoms with Gasteiger partial charge in [-0.05, 0) is 24.3 Å². The Morgan fingerprint density at radius 1 is 1.35 bits per heavy atom. The predicted molar refractivity (Wildman–Crippen MR) is 69.0 cm³/mol. The zero-order chi connectivity index (χ0) is 12.4. The maximum Gasteiger partial charge on any atom is 0.278 e. The molecule has 2 aromatic rings. The summed E-state index contributed by atoms with van der Waals surface area (Å²) in [6, 6.07) is 7.99. The van der Waals surface area contributed by atoms with Crippen LogP contribution in [0.2, 0.25) is 5.02 Å². The molecule has 0 saturated carbocycles. The van der Waals surface area contributed by atoms with E-state index in [2.05, 4.69) is 20.9 Å². The molecule has 2 rings (SSSR count). The lowest BCUT2D eigenvalue weighted by molar-refractivity contribution is -0.384. The highest BCUT2D eigenvalue weighted by atomic mass is 79.9. The number of rotatable bonds is 2. The first-order valence-corrected chi connectivity index (χ1v) is 5.81. The molecule has 0 fully saturated rings. The van der Waals surface area contributed by atoms with Gasteiger partial charge in [0.1, 0.15) is 0 Å². The van der Waals surface area contributed by atoms with E-state index in [4.69, 9.17) is 11.6 Å². The van der Waals surface area contributed by atoms with E-state index < -0.39 is 4.92 Å². The summed E-state index contributed by atoms with van der Waals surface area (Å²) < 4.78 is 0.736. The summed E-state index contributed by atoms with van der Waals surface area (Å²) in [4.78, 5) is 14.6. The van der Waals surface area contributed by atoms with Crippen molar-refractivity contribution in [2.24, 2.45) is 0 Å². The number of nitro groups is 1. The van der Waals surface area contributed by atoms with Gasteiger partial charge >= 0.3 is 0 Å². The standard InChI is InChI=1S/C11H6BrClN2O2/c12-7-3-4-10(15(16)17)8(6-7)11-9(13)2-1-5-14-11/h1-6H. The van der Waals surface area contributed by atoms with Crippen LogP contribution in [0.3, 0.4) is 0 Å². The molecule has 0 unspecified atom stereocenters. The van der Waals surface area contributed by atoms with Gasteiger partial charge < -0.3 is 0 Å². The number of pyridine rings is 1. The Balaban J connectivity index is 2.70. The van der Waals surface area contributed by atoms with Gasteiger partial charge in [0.05, 0.1) is 21.2 Å². The van der Waals surface area contributed by atoms with Crippen molar-refractivity contribution in [1.82, 2.24) is 4.98 Å². The van der Waals surface area contributed by atoms with Gasteiger partial charge in [-0.25, -0.2) is 0 Å². The van der Waals surface area contributed by atoms with Crippen LogP contribution in [-0.2, 0) is 0 Å². The third-order valence-electron chi connectivity index (χ3n) is 2.17. The van der Waals surface area contributed by atoms with Gasteiger partial charge in [-0.1, -0.05) is 27.5 Å². The van der Waals surface area contributed by atoms with E-state index in [9.17, 15) is 10.1 Å². The number of hydrogen-bond donors (Lipinski definition) is 0. The molecule has 0 aliphatic rings. The number of halogens is 2. The average Bonchev–Trinajstić information content (AvgIpc) is 2.29. The Labute approximate surface area is 111 Å². The molecule has 0 aliphatic heterocycles. The maximum atomic E-state index is 10.9. The van der Waals surface area contributed by atoms with Crippen molar-refractivity contribution in [3.8, 4) is 11.3 Å². The highest BCUT2D eigenvalue weighted by Crippen LogP contribution is 2.34. The highest BCUT2D eigenvalue weighted by molar-refractivity contribution is 9.10. The fraction of sp³-hybridized carbons (Fsp3) is 0. The number of nitrogens with zero attached hydrogens (tertiary/aromatic N) is 2. The van der Waals surface area contributed by atoms with E-state index in [-0.39, 0.29) is 5.69 Å². The fourth-order valence-electron chi connectivity index (χ4n) is 1.44. The van der Waals surface area contributed by atoms with E-state index in [1.807, 2.05) is 0 Å². The zero-order valence-electron chi connectivity index (χ0n) is 8.43. The molecule has 4 nitrogen and oxygen atoms in total. The molecular weight excluding hydrogens is 307 g/mol. The Hall–Kier alpha value is -1.46. The minimum absolute atomic E-state index is 0.0196. The molecule has 0 bridgehead atoms. The van der Waals surface area contributed by atoms with Crippen LogP contribution in [0.4, 0.5) is 5.69 Å². The largest absolute Gasteiger partial charge is 0.278 e.